The molecule has 0 aliphatic heterocycles. The molecule has 0 amide bonds. The summed E-state index contributed by atoms with van der Waals surface area (Å²) in [5, 5.41) is -0.0101. The standard InChI is InChI=1S/C12H16BrClO/c1-4-15-11-6-5-9(13)7-10(11)12(14)8(2)3/h5-8,12H,4H2,1-3H3. The molecule has 0 saturated heterocycles. The van der Waals surface area contributed by atoms with Gasteiger partial charge in [0.05, 0.1) is 12.0 Å². The van der Waals surface area contributed by atoms with E-state index in [1.807, 2.05) is 25.1 Å². The summed E-state index contributed by atoms with van der Waals surface area (Å²) in [6.45, 7) is 6.85. The Kier molecular flexibility index (Phi) is 4.94. The van der Waals surface area contributed by atoms with Crippen LogP contribution < -0.4 is 4.74 Å². The van der Waals surface area contributed by atoms with Crippen LogP contribution in [0, 0.1) is 5.92 Å². The Bertz CT molecular complexity index is 325. The smallest absolute Gasteiger partial charge is 0.124 e. The van der Waals surface area contributed by atoms with Gasteiger partial charge in [-0.3, -0.25) is 0 Å². The van der Waals surface area contributed by atoms with E-state index in [1.165, 1.54) is 0 Å². The van der Waals surface area contributed by atoms with Crippen molar-refractivity contribution in [1.29, 1.82) is 0 Å². The van der Waals surface area contributed by atoms with E-state index in [0.29, 0.717) is 12.5 Å². The van der Waals surface area contributed by atoms with Crippen molar-refractivity contribution in [3.05, 3.63) is 28.2 Å². The van der Waals surface area contributed by atoms with Crippen LogP contribution in [0.5, 0.6) is 5.75 Å². The van der Waals surface area contributed by atoms with Crippen molar-refractivity contribution < 1.29 is 4.74 Å². The molecule has 84 valence electrons. The van der Waals surface area contributed by atoms with Crippen molar-refractivity contribution in [2.75, 3.05) is 6.61 Å². The summed E-state index contributed by atoms with van der Waals surface area (Å²) in [4.78, 5) is 0. The molecule has 0 bridgehead atoms. The summed E-state index contributed by atoms with van der Waals surface area (Å²) in [5.41, 5.74) is 1.06. The second-order valence-corrected chi connectivity index (χ2v) is 5.15. The lowest BCUT2D eigenvalue weighted by Gasteiger charge is -2.18. The highest BCUT2D eigenvalue weighted by Gasteiger charge is 2.17. The summed E-state index contributed by atoms with van der Waals surface area (Å²) in [6, 6.07) is 5.96. The van der Waals surface area contributed by atoms with Gasteiger partial charge in [-0.1, -0.05) is 29.8 Å². The van der Waals surface area contributed by atoms with Gasteiger partial charge in [0, 0.05) is 10.0 Å². The first-order valence-electron chi connectivity index (χ1n) is 5.12. The van der Waals surface area contributed by atoms with Crippen LogP contribution in [-0.2, 0) is 0 Å². The molecule has 1 atom stereocenters. The van der Waals surface area contributed by atoms with Gasteiger partial charge in [0.1, 0.15) is 5.75 Å². The van der Waals surface area contributed by atoms with Crippen LogP contribution in [0.25, 0.3) is 0 Å². The van der Waals surface area contributed by atoms with E-state index in [0.717, 1.165) is 15.8 Å². The van der Waals surface area contributed by atoms with Gasteiger partial charge in [0.25, 0.3) is 0 Å². The third-order valence-corrected chi connectivity index (χ3v) is 3.39. The van der Waals surface area contributed by atoms with Crippen molar-refractivity contribution in [3.8, 4) is 5.75 Å². The average molecular weight is 292 g/mol. The number of ether oxygens (including phenoxy) is 1. The number of benzene rings is 1. The van der Waals surface area contributed by atoms with E-state index in [-0.39, 0.29) is 5.38 Å². The molecule has 0 spiro atoms. The van der Waals surface area contributed by atoms with Crippen LogP contribution in [-0.4, -0.2) is 6.61 Å². The number of rotatable bonds is 4. The molecule has 0 N–H and O–H groups in total. The predicted molar refractivity (Wildman–Crippen MR) is 68.7 cm³/mol. The molecular weight excluding hydrogens is 275 g/mol. The zero-order valence-corrected chi connectivity index (χ0v) is 11.6. The Balaban J connectivity index is 3.06. The van der Waals surface area contributed by atoms with Gasteiger partial charge < -0.3 is 4.74 Å². The van der Waals surface area contributed by atoms with Gasteiger partial charge in [-0.2, -0.15) is 0 Å². The molecule has 0 aliphatic carbocycles. The van der Waals surface area contributed by atoms with Crippen LogP contribution in [0.3, 0.4) is 0 Å². The zero-order valence-electron chi connectivity index (χ0n) is 9.26. The second kappa shape index (κ2) is 5.76. The fourth-order valence-electron chi connectivity index (χ4n) is 1.38. The predicted octanol–water partition coefficient (Wildman–Crippen LogP) is 4.78. The minimum atomic E-state index is -0.0101. The maximum atomic E-state index is 6.35. The Labute approximate surface area is 105 Å². The van der Waals surface area contributed by atoms with E-state index < -0.39 is 0 Å². The summed E-state index contributed by atoms with van der Waals surface area (Å²) in [7, 11) is 0. The van der Waals surface area contributed by atoms with Gasteiger partial charge in [-0.05, 0) is 31.0 Å². The van der Waals surface area contributed by atoms with E-state index in [1.54, 1.807) is 0 Å². The van der Waals surface area contributed by atoms with Gasteiger partial charge in [0.2, 0.25) is 0 Å². The van der Waals surface area contributed by atoms with Crippen LogP contribution in [0.4, 0.5) is 0 Å². The Morgan fingerprint density at radius 3 is 2.60 bits per heavy atom. The lowest BCUT2D eigenvalue weighted by molar-refractivity contribution is 0.334. The quantitative estimate of drug-likeness (QED) is 0.725. The molecule has 1 aromatic rings. The highest BCUT2D eigenvalue weighted by atomic mass is 79.9. The highest BCUT2D eigenvalue weighted by molar-refractivity contribution is 9.10. The first kappa shape index (κ1) is 12.9. The number of alkyl halides is 1. The molecule has 1 aromatic carbocycles. The Morgan fingerprint density at radius 1 is 1.40 bits per heavy atom. The summed E-state index contributed by atoms with van der Waals surface area (Å²) < 4.78 is 6.59. The van der Waals surface area contributed by atoms with Crippen molar-refractivity contribution >= 4 is 27.5 Å². The number of halogens is 2. The van der Waals surface area contributed by atoms with Gasteiger partial charge in [0.15, 0.2) is 0 Å². The van der Waals surface area contributed by atoms with Gasteiger partial charge in [-0.15, -0.1) is 11.6 Å². The monoisotopic (exact) mass is 290 g/mol. The second-order valence-electron chi connectivity index (χ2n) is 3.76. The zero-order chi connectivity index (χ0) is 11.4. The maximum absolute atomic E-state index is 6.35. The lowest BCUT2D eigenvalue weighted by atomic mass is 10.0. The van der Waals surface area contributed by atoms with Crippen LogP contribution >= 0.6 is 27.5 Å². The van der Waals surface area contributed by atoms with Crippen molar-refractivity contribution in [2.45, 2.75) is 26.1 Å². The first-order chi connectivity index (χ1) is 7.06. The summed E-state index contributed by atoms with van der Waals surface area (Å²) >= 11 is 9.80. The summed E-state index contributed by atoms with van der Waals surface area (Å²) in [5.74, 6) is 1.27. The fraction of sp³-hybridized carbons (Fsp3) is 0.500. The Hall–Kier alpha value is -0.210. The lowest BCUT2D eigenvalue weighted by Crippen LogP contribution is -2.03. The summed E-state index contributed by atoms with van der Waals surface area (Å²) in [6.07, 6.45) is 0. The fourth-order valence-corrected chi connectivity index (χ4v) is 1.93. The number of hydrogen-bond donors (Lipinski definition) is 0. The SMILES string of the molecule is CCOc1ccc(Br)cc1C(Cl)C(C)C. The number of hydrogen-bond acceptors (Lipinski definition) is 1. The van der Waals surface area contributed by atoms with E-state index >= 15 is 0 Å². The molecular formula is C12H16BrClO. The van der Waals surface area contributed by atoms with Crippen LogP contribution in [0.2, 0.25) is 0 Å². The minimum Gasteiger partial charge on any atom is -0.494 e. The molecule has 0 fully saturated rings. The first-order valence-corrected chi connectivity index (χ1v) is 6.35. The molecule has 0 heterocycles. The molecule has 1 nitrogen and oxygen atoms in total. The minimum absolute atomic E-state index is 0.0101. The van der Waals surface area contributed by atoms with E-state index in [4.69, 9.17) is 16.3 Å². The molecule has 3 heteroatoms. The van der Waals surface area contributed by atoms with Crippen molar-refractivity contribution in [3.63, 3.8) is 0 Å². The average Bonchev–Trinajstić information content (AvgIpc) is 2.20. The third kappa shape index (κ3) is 3.39. The maximum Gasteiger partial charge on any atom is 0.124 e. The van der Waals surface area contributed by atoms with Crippen molar-refractivity contribution in [2.24, 2.45) is 5.92 Å². The Morgan fingerprint density at radius 2 is 2.07 bits per heavy atom. The molecule has 0 aliphatic rings. The van der Waals surface area contributed by atoms with Crippen molar-refractivity contribution in [1.82, 2.24) is 0 Å². The largest absolute Gasteiger partial charge is 0.494 e. The van der Waals surface area contributed by atoms with Gasteiger partial charge >= 0.3 is 0 Å². The topological polar surface area (TPSA) is 9.23 Å². The molecule has 15 heavy (non-hydrogen) atoms. The molecule has 0 radical (unpaired) electrons. The van der Waals surface area contributed by atoms with Crippen LogP contribution in [0.15, 0.2) is 22.7 Å². The highest BCUT2D eigenvalue weighted by Crippen LogP contribution is 2.36. The molecule has 1 rings (SSSR count). The normalized spacial score (nSPS) is 12.9. The van der Waals surface area contributed by atoms with E-state index in [9.17, 15) is 0 Å². The molecule has 0 aromatic heterocycles. The molecule has 1 unspecified atom stereocenters. The molecule has 0 saturated carbocycles. The van der Waals surface area contributed by atoms with E-state index in [2.05, 4.69) is 29.8 Å². The van der Waals surface area contributed by atoms with Crippen LogP contribution in [0.1, 0.15) is 31.7 Å². The van der Waals surface area contributed by atoms with Gasteiger partial charge in [-0.25, -0.2) is 0 Å². The third-order valence-electron chi connectivity index (χ3n) is 2.15.